The van der Waals surface area contributed by atoms with Crippen molar-refractivity contribution in [2.45, 2.75) is 19.6 Å². The van der Waals surface area contributed by atoms with E-state index in [2.05, 4.69) is 5.32 Å². The third-order valence-electron chi connectivity index (χ3n) is 2.80. The van der Waals surface area contributed by atoms with Crippen LogP contribution in [0.4, 0.5) is 5.69 Å². The number of hydrogen-bond donors (Lipinski definition) is 2. The van der Waals surface area contributed by atoms with E-state index < -0.39 is 6.10 Å². The van der Waals surface area contributed by atoms with E-state index in [-0.39, 0.29) is 12.5 Å². The maximum Gasteiger partial charge on any atom is 0.265 e. The first-order valence-corrected chi connectivity index (χ1v) is 6.41. The zero-order valence-electron chi connectivity index (χ0n) is 11.2. The molecule has 0 saturated carbocycles. The van der Waals surface area contributed by atoms with Gasteiger partial charge >= 0.3 is 0 Å². The summed E-state index contributed by atoms with van der Waals surface area (Å²) in [6.45, 7) is 1.64. The van der Waals surface area contributed by atoms with Gasteiger partial charge in [0.15, 0.2) is 6.10 Å². The van der Waals surface area contributed by atoms with Gasteiger partial charge in [0.2, 0.25) is 0 Å². The molecular formula is C16H17NO3. The van der Waals surface area contributed by atoms with E-state index in [0.717, 1.165) is 5.56 Å². The Kier molecular flexibility index (Phi) is 4.74. The second-order valence-corrected chi connectivity index (χ2v) is 4.42. The molecule has 0 bridgehead atoms. The quantitative estimate of drug-likeness (QED) is 0.878. The van der Waals surface area contributed by atoms with Crippen LogP contribution in [0.3, 0.4) is 0 Å². The van der Waals surface area contributed by atoms with Gasteiger partial charge in [0, 0.05) is 5.69 Å². The van der Waals surface area contributed by atoms with Gasteiger partial charge in [-0.1, -0.05) is 30.3 Å². The molecule has 0 aromatic heterocycles. The molecule has 0 spiro atoms. The molecule has 104 valence electrons. The maximum absolute atomic E-state index is 12.0. The molecule has 0 radical (unpaired) electrons. The van der Waals surface area contributed by atoms with Crippen LogP contribution in [-0.2, 0) is 11.4 Å². The minimum Gasteiger partial charge on any atom is -0.481 e. The summed E-state index contributed by atoms with van der Waals surface area (Å²) < 4.78 is 5.54. The molecular weight excluding hydrogens is 254 g/mol. The molecule has 1 atom stereocenters. The lowest BCUT2D eigenvalue weighted by molar-refractivity contribution is -0.122. The van der Waals surface area contributed by atoms with E-state index in [4.69, 9.17) is 9.84 Å². The molecule has 0 aliphatic heterocycles. The SMILES string of the molecule is CC(Oc1ccccc1)C(=O)Nc1cccc(CO)c1. The predicted octanol–water partition coefficient (Wildman–Crippen LogP) is 2.58. The number of aliphatic hydroxyl groups is 1. The van der Waals surface area contributed by atoms with Gasteiger partial charge in [-0.2, -0.15) is 0 Å². The summed E-state index contributed by atoms with van der Waals surface area (Å²) in [5.41, 5.74) is 1.39. The molecule has 0 saturated heterocycles. The van der Waals surface area contributed by atoms with Crippen LogP contribution in [0.2, 0.25) is 0 Å². The average molecular weight is 271 g/mol. The minimum absolute atomic E-state index is 0.0558. The summed E-state index contributed by atoms with van der Waals surface area (Å²) in [5, 5.41) is 11.8. The molecule has 0 fully saturated rings. The third-order valence-corrected chi connectivity index (χ3v) is 2.80. The van der Waals surface area contributed by atoms with Crippen LogP contribution in [-0.4, -0.2) is 17.1 Å². The van der Waals surface area contributed by atoms with Crippen LogP contribution >= 0.6 is 0 Å². The Labute approximate surface area is 118 Å². The highest BCUT2D eigenvalue weighted by molar-refractivity contribution is 5.94. The van der Waals surface area contributed by atoms with Crippen molar-refractivity contribution in [3.05, 3.63) is 60.2 Å². The van der Waals surface area contributed by atoms with Crippen LogP contribution in [0.25, 0.3) is 0 Å². The average Bonchev–Trinajstić information content (AvgIpc) is 2.48. The lowest BCUT2D eigenvalue weighted by atomic mass is 10.2. The summed E-state index contributed by atoms with van der Waals surface area (Å²) in [5.74, 6) is 0.420. The topological polar surface area (TPSA) is 58.6 Å². The van der Waals surface area contributed by atoms with Crippen LogP contribution in [0.5, 0.6) is 5.75 Å². The van der Waals surface area contributed by atoms with E-state index in [0.29, 0.717) is 11.4 Å². The molecule has 1 unspecified atom stereocenters. The minimum atomic E-state index is -0.602. The van der Waals surface area contributed by atoms with Crippen molar-refractivity contribution in [2.75, 3.05) is 5.32 Å². The Hall–Kier alpha value is -2.33. The normalized spacial score (nSPS) is 11.7. The van der Waals surface area contributed by atoms with Gasteiger partial charge in [0.25, 0.3) is 5.91 Å². The summed E-state index contributed by atoms with van der Waals surface area (Å²) in [4.78, 5) is 12.0. The van der Waals surface area contributed by atoms with Gasteiger partial charge in [-0.15, -0.1) is 0 Å². The van der Waals surface area contributed by atoms with Crippen LogP contribution in [0.1, 0.15) is 12.5 Å². The third kappa shape index (κ3) is 3.83. The Balaban J connectivity index is 1.97. The fourth-order valence-corrected chi connectivity index (χ4v) is 1.75. The van der Waals surface area contributed by atoms with E-state index in [1.807, 2.05) is 18.2 Å². The van der Waals surface area contributed by atoms with Crippen molar-refractivity contribution in [1.29, 1.82) is 0 Å². The van der Waals surface area contributed by atoms with E-state index in [9.17, 15) is 4.79 Å². The number of carbonyl (C=O) groups excluding carboxylic acids is 1. The second kappa shape index (κ2) is 6.73. The molecule has 0 aliphatic rings. The first-order valence-electron chi connectivity index (χ1n) is 6.41. The number of rotatable bonds is 5. The Morgan fingerprint density at radius 2 is 1.95 bits per heavy atom. The molecule has 4 nitrogen and oxygen atoms in total. The summed E-state index contributed by atoms with van der Waals surface area (Å²) in [6, 6.07) is 16.3. The molecule has 1 amide bonds. The lowest BCUT2D eigenvalue weighted by Gasteiger charge is -2.15. The van der Waals surface area contributed by atoms with Crippen LogP contribution in [0, 0.1) is 0 Å². The monoisotopic (exact) mass is 271 g/mol. The largest absolute Gasteiger partial charge is 0.481 e. The van der Waals surface area contributed by atoms with Gasteiger partial charge in [-0.25, -0.2) is 0 Å². The molecule has 2 rings (SSSR count). The molecule has 2 aromatic rings. The van der Waals surface area contributed by atoms with Crippen LogP contribution < -0.4 is 10.1 Å². The number of anilines is 1. The van der Waals surface area contributed by atoms with Crippen molar-refractivity contribution in [1.82, 2.24) is 0 Å². The smallest absolute Gasteiger partial charge is 0.265 e. The fraction of sp³-hybridized carbons (Fsp3) is 0.188. The lowest BCUT2D eigenvalue weighted by Crippen LogP contribution is -2.30. The molecule has 0 aliphatic carbocycles. The number of benzene rings is 2. The van der Waals surface area contributed by atoms with Crippen molar-refractivity contribution in [2.24, 2.45) is 0 Å². The summed E-state index contributed by atoms with van der Waals surface area (Å²) >= 11 is 0. The fourth-order valence-electron chi connectivity index (χ4n) is 1.75. The zero-order chi connectivity index (χ0) is 14.4. The van der Waals surface area contributed by atoms with Crippen molar-refractivity contribution in [3.8, 4) is 5.75 Å². The van der Waals surface area contributed by atoms with E-state index in [1.54, 1.807) is 43.3 Å². The molecule has 0 heterocycles. The molecule has 2 N–H and O–H groups in total. The van der Waals surface area contributed by atoms with Gasteiger partial charge < -0.3 is 15.2 Å². The molecule has 2 aromatic carbocycles. The van der Waals surface area contributed by atoms with Gasteiger partial charge in [-0.3, -0.25) is 4.79 Å². The van der Waals surface area contributed by atoms with Crippen LogP contribution in [0.15, 0.2) is 54.6 Å². The number of hydrogen-bond acceptors (Lipinski definition) is 3. The van der Waals surface area contributed by atoms with Gasteiger partial charge in [0.05, 0.1) is 6.61 Å². The number of aliphatic hydroxyl groups excluding tert-OH is 1. The molecule has 4 heteroatoms. The highest BCUT2D eigenvalue weighted by Crippen LogP contribution is 2.14. The standard InChI is InChI=1S/C16H17NO3/c1-12(20-15-8-3-2-4-9-15)16(19)17-14-7-5-6-13(10-14)11-18/h2-10,12,18H,11H2,1H3,(H,17,19). The number of carbonyl (C=O) groups is 1. The van der Waals surface area contributed by atoms with Crippen molar-refractivity contribution < 1.29 is 14.6 Å². The summed E-state index contributed by atoms with van der Waals surface area (Å²) in [6.07, 6.45) is -0.602. The summed E-state index contributed by atoms with van der Waals surface area (Å²) in [7, 11) is 0. The predicted molar refractivity (Wildman–Crippen MR) is 77.5 cm³/mol. The van der Waals surface area contributed by atoms with Gasteiger partial charge in [-0.05, 0) is 36.8 Å². The highest BCUT2D eigenvalue weighted by Gasteiger charge is 2.14. The Morgan fingerprint density at radius 1 is 1.20 bits per heavy atom. The number of para-hydroxylation sites is 1. The maximum atomic E-state index is 12.0. The zero-order valence-corrected chi connectivity index (χ0v) is 11.2. The number of nitrogens with one attached hydrogen (secondary N) is 1. The van der Waals surface area contributed by atoms with E-state index in [1.165, 1.54) is 0 Å². The first-order chi connectivity index (χ1) is 9.69. The highest BCUT2D eigenvalue weighted by atomic mass is 16.5. The van der Waals surface area contributed by atoms with Crippen molar-refractivity contribution in [3.63, 3.8) is 0 Å². The molecule has 20 heavy (non-hydrogen) atoms. The van der Waals surface area contributed by atoms with Gasteiger partial charge in [0.1, 0.15) is 5.75 Å². The number of amides is 1. The number of ether oxygens (including phenoxy) is 1. The van der Waals surface area contributed by atoms with E-state index >= 15 is 0 Å². The van der Waals surface area contributed by atoms with Crippen molar-refractivity contribution >= 4 is 11.6 Å². The first kappa shape index (κ1) is 14.1. The second-order valence-electron chi connectivity index (χ2n) is 4.42. The Bertz CT molecular complexity index is 569. The Morgan fingerprint density at radius 3 is 2.65 bits per heavy atom.